The molecule has 2 aliphatic rings. The van der Waals surface area contributed by atoms with E-state index in [1.807, 2.05) is 30.0 Å². The van der Waals surface area contributed by atoms with E-state index in [0.29, 0.717) is 11.1 Å². The Labute approximate surface area is 115 Å². The van der Waals surface area contributed by atoms with Gasteiger partial charge in [0, 0.05) is 18.8 Å². The molecule has 1 aliphatic carbocycles. The standard InChI is InChI=1S/C16H22N2O/c1-13-6-5-7-14(17-13)15(19)18-11-10-16(12-18)8-3-2-4-9-16/h5-7H,2-4,8-12H2,1H3. The fourth-order valence-corrected chi connectivity index (χ4v) is 3.64. The number of carbonyl (C=O) groups excluding carboxylic acids is 1. The first-order valence-electron chi connectivity index (χ1n) is 7.42. The highest BCUT2D eigenvalue weighted by atomic mass is 16.2. The van der Waals surface area contributed by atoms with Crippen molar-refractivity contribution in [3.8, 4) is 0 Å². The molecule has 0 atom stereocenters. The SMILES string of the molecule is Cc1cccc(C(=O)N2CCC3(CCCCC3)C2)n1. The molecule has 1 spiro atoms. The van der Waals surface area contributed by atoms with Crippen molar-refractivity contribution in [1.29, 1.82) is 0 Å². The molecular weight excluding hydrogens is 236 g/mol. The Kier molecular flexibility index (Phi) is 3.29. The van der Waals surface area contributed by atoms with Gasteiger partial charge in [0.05, 0.1) is 0 Å². The number of aryl methyl sites for hydroxylation is 1. The molecule has 0 radical (unpaired) electrons. The van der Waals surface area contributed by atoms with E-state index in [4.69, 9.17) is 0 Å². The molecule has 1 aliphatic heterocycles. The van der Waals surface area contributed by atoms with Crippen molar-refractivity contribution in [2.24, 2.45) is 5.41 Å². The summed E-state index contributed by atoms with van der Waals surface area (Å²) in [5.41, 5.74) is 1.95. The van der Waals surface area contributed by atoms with Crippen LogP contribution in [0.4, 0.5) is 0 Å². The Bertz CT molecular complexity index is 477. The third-order valence-corrected chi connectivity index (χ3v) is 4.75. The Morgan fingerprint density at radius 1 is 1.21 bits per heavy atom. The van der Waals surface area contributed by atoms with Gasteiger partial charge in [-0.2, -0.15) is 0 Å². The van der Waals surface area contributed by atoms with Crippen LogP contribution in [0.1, 0.15) is 54.7 Å². The van der Waals surface area contributed by atoms with Crippen LogP contribution >= 0.6 is 0 Å². The van der Waals surface area contributed by atoms with Crippen molar-refractivity contribution < 1.29 is 4.79 Å². The number of nitrogens with zero attached hydrogens (tertiary/aromatic N) is 2. The maximum Gasteiger partial charge on any atom is 0.272 e. The van der Waals surface area contributed by atoms with Gasteiger partial charge in [-0.25, -0.2) is 4.98 Å². The van der Waals surface area contributed by atoms with E-state index in [1.54, 1.807) is 0 Å². The van der Waals surface area contributed by atoms with Crippen molar-refractivity contribution in [2.75, 3.05) is 13.1 Å². The third kappa shape index (κ3) is 2.51. The lowest BCUT2D eigenvalue weighted by Gasteiger charge is -2.33. The highest BCUT2D eigenvalue weighted by Gasteiger charge is 2.40. The van der Waals surface area contributed by atoms with Crippen molar-refractivity contribution in [3.63, 3.8) is 0 Å². The predicted molar refractivity (Wildman–Crippen MR) is 75.0 cm³/mol. The fraction of sp³-hybridized carbons (Fsp3) is 0.625. The van der Waals surface area contributed by atoms with E-state index in [-0.39, 0.29) is 5.91 Å². The number of pyridine rings is 1. The molecule has 1 aromatic rings. The summed E-state index contributed by atoms with van der Waals surface area (Å²) in [7, 11) is 0. The van der Waals surface area contributed by atoms with Crippen LogP contribution in [0.2, 0.25) is 0 Å². The number of carbonyl (C=O) groups is 1. The number of hydrogen-bond donors (Lipinski definition) is 0. The quantitative estimate of drug-likeness (QED) is 0.775. The second kappa shape index (κ2) is 4.95. The van der Waals surface area contributed by atoms with E-state index in [9.17, 15) is 4.79 Å². The zero-order valence-electron chi connectivity index (χ0n) is 11.7. The highest BCUT2D eigenvalue weighted by Crippen LogP contribution is 2.43. The summed E-state index contributed by atoms with van der Waals surface area (Å²) in [6, 6.07) is 5.69. The molecule has 19 heavy (non-hydrogen) atoms. The van der Waals surface area contributed by atoms with Gasteiger partial charge in [0.15, 0.2) is 0 Å². The summed E-state index contributed by atoms with van der Waals surface area (Å²) in [5, 5.41) is 0. The topological polar surface area (TPSA) is 33.2 Å². The molecule has 3 heteroatoms. The summed E-state index contributed by atoms with van der Waals surface area (Å²) in [5.74, 6) is 0.117. The molecule has 0 unspecified atom stereocenters. The molecule has 2 fully saturated rings. The molecule has 0 aromatic carbocycles. The lowest BCUT2D eigenvalue weighted by molar-refractivity contribution is 0.0753. The molecule has 102 valence electrons. The van der Waals surface area contributed by atoms with Gasteiger partial charge < -0.3 is 4.90 Å². The first-order valence-corrected chi connectivity index (χ1v) is 7.42. The van der Waals surface area contributed by atoms with E-state index >= 15 is 0 Å². The highest BCUT2D eigenvalue weighted by molar-refractivity contribution is 5.92. The van der Waals surface area contributed by atoms with E-state index in [1.165, 1.54) is 38.5 Å². The van der Waals surface area contributed by atoms with E-state index in [0.717, 1.165) is 18.8 Å². The molecule has 0 bridgehead atoms. The molecule has 1 amide bonds. The van der Waals surface area contributed by atoms with E-state index in [2.05, 4.69) is 4.98 Å². The van der Waals surface area contributed by atoms with Gasteiger partial charge in [0.2, 0.25) is 0 Å². The first-order chi connectivity index (χ1) is 9.19. The molecule has 3 nitrogen and oxygen atoms in total. The summed E-state index contributed by atoms with van der Waals surface area (Å²) >= 11 is 0. The third-order valence-electron chi connectivity index (χ3n) is 4.75. The number of hydrogen-bond acceptors (Lipinski definition) is 2. The maximum absolute atomic E-state index is 12.5. The lowest BCUT2D eigenvalue weighted by atomic mass is 9.73. The first kappa shape index (κ1) is 12.6. The van der Waals surface area contributed by atoms with Gasteiger partial charge in [-0.05, 0) is 43.7 Å². The second-order valence-electron chi connectivity index (χ2n) is 6.20. The zero-order chi connectivity index (χ0) is 13.3. The van der Waals surface area contributed by atoms with E-state index < -0.39 is 0 Å². The maximum atomic E-state index is 12.5. The zero-order valence-corrected chi connectivity index (χ0v) is 11.7. The Balaban J connectivity index is 1.72. The average molecular weight is 258 g/mol. The van der Waals surface area contributed by atoms with Gasteiger partial charge in [0.25, 0.3) is 5.91 Å². The average Bonchev–Trinajstić information content (AvgIpc) is 2.82. The van der Waals surface area contributed by atoms with Crippen LogP contribution in [0.15, 0.2) is 18.2 Å². The Morgan fingerprint density at radius 2 is 2.00 bits per heavy atom. The van der Waals surface area contributed by atoms with Gasteiger partial charge in [-0.1, -0.05) is 25.3 Å². The minimum Gasteiger partial charge on any atom is -0.337 e. The van der Waals surface area contributed by atoms with Crippen molar-refractivity contribution >= 4 is 5.91 Å². The number of likely N-dealkylation sites (tertiary alicyclic amines) is 1. The van der Waals surface area contributed by atoms with Crippen LogP contribution in [0, 0.1) is 12.3 Å². The predicted octanol–water partition coefficient (Wildman–Crippen LogP) is 3.19. The Morgan fingerprint density at radius 3 is 2.74 bits per heavy atom. The van der Waals surface area contributed by atoms with Crippen LogP contribution in [-0.2, 0) is 0 Å². The summed E-state index contributed by atoms with van der Waals surface area (Å²) in [6.07, 6.45) is 7.84. The molecule has 1 aromatic heterocycles. The second-order valence-corrected chi connectivity index (χ2v) is 6.20. The summed E-state index contributed by atoms with van der Waals surface area (Å²) < 4.78 is 0. The minimum absolute atomic E-state index is 0.117. The normalized spacial score (nSPS) is 21.8. The molecule has 2 heterocycles. The molecular formula is C16H22N2O. The van der Waals surface area contributed by atoms with Crippen LogP contribution in [0.3, 0.4) is 0 Å². The summed E-state index contributed by atoms with van der Waals surface area (Å²) in [6.45, 7) is 3.79. The minimum atomic E-state index is 0.117. The van der Waals surface area contributed by atoms with Crippen LogP contribution in [0.25, 0.3) is 0 Å². The van der Waals surface area contributed by atoms with Gasteiger partial charge in [0.1, 0.15) is 5.69 Å². The van der Waals surface area contributed by atoms with Gasteiger partial charge >= 0.3 is 0 Å². The molecule has 3 rings (SSSR count). The number of rotatable bonds is 1. The monoisotopic (exact) mass is 258 g/mol. The number of amides is 1. The smallest absolute Gasteiger partial charge is 0.272 e. The van der Waals surface area contributed by atoms with Crippen molar-refractivity contribution in [1.82, 2.24) is 9.88 Å². The molecule has 1 saturated carbocycles. The van der Waals surface area contributed by atoms with Crippen LogP contribution < -0.4 is 0 Å². The molecule has 0 N–H and O–H groups in total. The van der Waals surface area contributed by atoms with Crippen LogP contribution in [0.5, 0.6) is 0 Å². The van der Waals surface area contributed by atoms with Crippen molar-refractivity contribution in [2.45, 2.75) is 45.4 Å². The fourth-order valence-electron chi connectivity index (χ4n) is 3.64. The van der Waals surface area contributed by atoms with Crippen molar-refractivity contribution in [3.05, 3.63) is 29.6 Å². The summed E-state index contributed by atoms with van der Waals surface area (Å²) in [4.78, 5) is 18.9. The van der Waals surface area contributed by atoms with Crippen LogP contribution in [-0.4, -0.2) is 28.9 Å². The Hall–Kier alpha value is -1.38. The van der Waals surface area contributed by atoms with Gasteiger partial charge in [-0.15, -0.1) is 0 Å². The largest absolute Gasteiger partial charge is 0.337 e. The molecule has 1 saturated heterocycles. The van der Waals surface area contributed by atoms with Gasteiger partial charge in [-0.3, -0.25) is 4.79 Å². The lowest BCUT2D eigenvalue weighted by Crippen LogP contribution is -2.33. The number of aromatic nitrogens is 1.